The zero-order chi connectivity index (χ0) is 35.6. The highest BCUT2D eigenvalue weighted by atomic mass is 32.1. The van der Waals surface area contributed by atoms with E-state index in [1.54, 1.807) is 22.7 Å². The van der Waals surface area contributed by atoms with Crippen LogP contribution in [-0.4, -0.2) is 19.9 Å². The van der Waals surface area contributed by atoms with E-state index in [-0.39, 0.29) is 0 Å². The van der Waals surface area contributed by atoms with Crippen LogP contribution in [0.3, 0.4) is 0 Å². The molecular weight excluding hydrogens is 697 g/mol. The standard InChI is InChI=1S/C48H28N4S2/c1-3-14-30(15-4-1)37-26-33-19-9-10-20-34(33)27-38(37)46-50-45(35-24-23-29-13-7-8-18-32(29)25-35)51-47(52-46)43-42-36-21-11-12-22-39(36)53-40(42)28-41-44(43)49-48(54-41)31-16-5-2-6-17-31/h1-28H. The van der Waals surface area contributed by atoms with Gasteiger partial charge in [-0.2, -0.15) is 0 Å². The molecule has 0 aliphatic carbocycles. The second kappa shape index (κ2) is 12.5. The van der Waals surface area contributed by atoms with E-state index in [1.807, 2.05) is 6.07 Å². The molecule has 0 N–H and O–H groups in total. The summed E-state index contributed by atoms with van der Waals surface area (Å²) in [6.45, 7) is 0. The van der Waals surface area contributed by atoms with Crippen molar-refractivity contribution >= 4 is 74.6 Å². The van der Waals surface area contributed by atoms with Gasteiger partial charge in [-0.25, -0.2) is 19.9 Å². The van der Waals surface area contributed by atoms with Crippen LogP contribution < -0.4 is 0 Å². The fourth-order valence-corrected chi connectivity index (χ4v) is 9.79. The topological polar surface area (TPSA) is 51.6 Å². The molecule has 0 atom stereocenters. The average Bonchev–Trinajstić information content (AvgIpc) is 3.84. The summed E-state index contributed by atoms with van der Waals surface area (Å²) in [5.74, 6) is 1.85. The quantitative estimate of drug-likeness (QED) is 0.177. The van der Waals surface area contributed by atoms with E-state index < -0.39 is 0 Å². The van der Waals surface area contributed by atoms with Crippen molar-refractivity contribution in [3.63, 3.8) is 0 Å². The van der Waals surface area contributed by atoms with E-state index in [0.717, 1.165) is 70.1 Å². The molecule has 0 aliphatic rings. The molecule has 54 heavy (non-hydrogen) atoms. The van der Waals surface area contributed by atoms with E-state index in [9.17, 15) is 0 Å². The van der Waals surface area contributed by atoms with Gasteiger partial charge in [-0.15, -0.1) is 22.7 Å². The molecular formula is C48H28N4S2. The van der Waals surface area contributed by atoms with E-state index in [2.05, 4.69) is 164 Å². The first-order valence-electron chi connectivity index (χ1n) is 17.9. The first kappa shape index (κ1) is 31.0. The number of benzene rings is 8. The predicted molar refractivity (Wildman–Crippen MR) is 228 cm³/mol. The van der Waals surface area contributed by atoms with Gasteiger partial charge in [0.05, 0.1) is 15.8 Å². The summed E-state index contributed by atoms with van der Waals surface area (Å²) in [4.78, 5) is 21.6. The normalized spacial score (nSPS) is 11.7. The lowest BCUT2D eigenvalue weighted by atomic mass is 9.95. The Labute approximate surface area is 318 Å². The highest BCUT2D eigenvalue weighted by molar-refractivity contribution is 7.27. The van der Waals surface area contributed by atoms with Gasteiger partial charge in [0.25, 0.3) is 0 Å². The molecule has 0 unspecified atom stereocenters. The SMILES string of the molecule is c1ccc(-c2nc3c(-c4nc(-c5ccc6ccccc6c5)nc(-c5cc6ccccc6cc5-c5ccccc5)n4)c4c(cc3s2)sc2ccccc24)cc1. The molecule has 11 aromatic rings. The Balaban J connectivity index is 1.26. The number of thiazole rings is 1. The minimum atomic E-state index is 0.611. The second-order valence-corrected chi connectivity index (χ2v) is 15.5. The van der Waals surface area contributed by atoms with Crippen molar-refractivity contribution in [3.05, 3.63) is 170 Å². The number of hydrogen-bond donors (Lipinski definition) is 0. The van der Waals surface area contributed by atoms with Crippen LogP contribution >= 0.6 is 22.7 Å². The van der Waals surface area contributed by atoms with Crippen molar-refractivity contribution in [1.82, 2.24) is 19.9 Å². The van der Waals surface area contributed by atoms with Crippen LogP contribution in [0.15, 0.2) is 170 Å². The lowest BCUT2D eigenvalue weighted by Crippen LogP contribution is -2.02. The van der Waals surface area contributed by atoms with Crippen LogP contribution in [0.5, 0.6) is 0 Å². The van der Waals surface area contributed by atoms with Gasteiger partial charge in [-0.05, 0) is 63.0 Å². The Kier molecular flexibility index (Phi) is 7.18. The molecule has 6 heteroatoms. The third-order valence-electron chi connectivity index (χ3n) is 10.1. The lowest BCUT2D eigenvalue weighted by Gasteiger charge is -2.14. The maximum Gasteiger partial charge on any atom is 0.167 e. The lowest BCUT2D eigenvalue weighted by molar-refractivity contribution is 1.08. The van der Waals surface area contributed by atoms with E-state index in [0.29, 0.717) is 17.5 Å². The van der Waals surface area contributed by atoms with E-state index >= 15 is 0 Å². The molecule has 4 nitrogen and oxygen atoms in total. The van der Waals surface area contributed by atoms with Crippen LogP contribution in [0.4, 0.5) is 0 Å². The van der Waals surface area contributed by atoms with Gasteiger partial charge in [-0.3, -0.25) is 0 Å². The van der Waals surface area contributed by atoms with Crippen LogP contribution in [-0.2, 0) is 0 Å². The van der Waals surface area contributed by atoms with Crippen molar-refractivity contribution in [2.75, 3.05) is 0 Å². The van der Waals surface area contributed by atoms with Crippen molar-refractivity contribution in [1.29, 1.82) is 0 Å². The van der Waals surface area contributed by atoms with Crippen LogP contribution in [0.1, 0.15) is 0 Å². The minimum Gasteiger partial charge on any atom is -0.235 e. The fourth-order valence-electron chi connectivity index (χ4n) is 7.54. The Morgan fingerprint density at radius 3 is 1.74 bits per heavy atom. The maximum atomic E-state index is 5.47. The Morgan fingerprint density at radius 1 is 0.352 bits per heavy atom. The van der Waals surface area contributed by atoms with Gasteiger partial charge in [-0.1, -0.05) is 140 Å². The largest absolute Gasteiger partial charge is 0.235 e. The van der Waals surface area contributed by atoms with Gasteiger partial charge in [0.15, 0.2) is 17.5 Å². The molecule has 0 saturated carbocycles. The molecule has 3 heterocycles. The minimum absolute atomic E-state index is 0.611. The number of aromatic nitrogens is 4. The van der Waals surface area contributed by atoms with Crippen LogP contribution in [0, 0.1) is 0 Å². The third kappa shape index (κ3) is 5.18. The molecule has 252 valence electrons. The molecule has 3 aromatic heterocycles. The molecule has 0 bridgehead atoms. The van der Waals surface area contributed by atoms with Gasteiger partial charge >= 0.3 is 0 Å². The van der Waals surface area contributed by atoms with Crippen molar-refractivity contribution in [2.45, 2.75) is 0 Å². The molecule has 0 saturated heterocycles. The Morgan fingerprint density at radius 2 is 0.963 bits per heavy atom. The Hall–Kier alpha value is -6.60. The number of thiophene rings is 1. The van der Waals surface area contributed by atoms with E-state index in [4.69, 9.17) is 19.9 Å². The summed E-state index contributed by atoms with van der Waals surface area (Å²) >= 11 is 3.51. The summed E-state index contributed by atoms with van der Waals surface area (Å²) in [5.41, 5.74) is 6.99. The van der Waals surface area contributed by atoms with Crippen molar-refractivity contribution in [2.24, 2.45) is 0 Å². The number of fused-ring (bicyclic) bond motifs is 6. The smallest absolute Gasteiger partial charge is 0.167 e. The summed E-state index contributed by atoms with van der Waals surface area (Å²) in [6, 6.07) is 59.7. The molecule has 0 aliphatic heterocycles. The summed E-state index contributed by atoms with van der Waals surface area (Å²) in [6.07, 6.45) is 0. The number of rotatable bonds is 5. The second-order valence-electron chi connectivity index (χ2n) is 13.4. The van der Waals surface area contributed by atoms with Gasteiger partial charge in [0, 0.05) is 36.9 Å². The maximum absolute atomic E-state index is 5.47. The zero-order valence-electron chi connectivity index (χ0n) is 28.8. The molecule has 0 fully saturated rings. The molecule has 0 amide bonds. The van der Waals surface area contributed by atoms with Gasteiger partial charge in [0.2, 0.25) is 0 Å². The molecule has 0 radical (unpaired) electrons. The zero-order valence-corrected chi connectivity index (χ0v) is 30.4. The fraction of sp³-hybridized carbons (Fsp3) is 0. The summed E-state index contributed by atoms with van der Waals surface area (Å²) in [5, 5.41) is 7.86. The summed E-state index contributed by atoms with van der Waals surface area (Å²) in [7, 11) is 0. The third-order valence-corrected chi connectivity index (χ3v) is 12.3. The first-order valence-corrected chi connectivity index (χ1v) is 19.5. The van der Waals surface area contributed by atoms with Crippen molar-refractivity contribution < 1.29 is 0 Å². The van der Waals surface area contributed by atoms with Crippen molar-refractivity contribution in [3.8, 4) is 55.9 Å². The highest BCUT2D eigenvalue weighted by Crippen LogP contribution is 2.46. The molecule has 8 aromatic carbocycles. The monoisotopic (exact) mass is 724 g/mol. The van der Waals surface area contributed by atoms with Crippen LogP contribution in [0.2, 0.25) is 0 Å². The van der Waals surface area contributed by atoms with Gasteiger partial charge < -0.3 is 0 Å². The van der Waals surface area contributed by atoms with Crippen LogP contribution in [0.25, 0.3) is 108 Å². The average molecular weight is 725 g/mol. The number of nitrogens with zero attached hydrogens (tertiary/aromatic N) is 4. The summed E-state index contributed by atoms with van der Waals surface area (Å²) < 4.78 is 3.51. The molecule has 11 rings (SSSR count). The van der Waals surface area contributed by atoms with E-state index in [1.165, 1.54) is 20.2 Å². The number of hydrogen-bond acceptors (Lipinski definition) is 6. The first-order chi connectivity index (χ1) is 26.7. The Bertz CT molecular complexity index is 3220. The molecule has 0 spiro atoms. The predicted octanol–water partition coefficient (Wildman–Crippen LogP) is 13.5. The van der Waals surface area contributed by atoms with Gasteiger partial charge in [0.1, 0.15) is 5.01 Å². The highest BCUT2D eigenvalue weighted by Gasteiger charge is 2.24.